The first-order valence-electron chi connectivity index (χ1n) is 6.07. The molecule has 0 aliphatic heterocycles. The second-order valence-corrected chi connectivity index (χ2v) is 5.07. The highest BCUT2D eigenvalue weighted by atomic mass is 32.1. The van der Waals surface area contributed by atoms with Gasteiger partial charge in [0, 0.05) is 24.2 Å². The first-order chi connectivity index (χ1) is 10.2. The van der Waals surface area contributed by atoms with Crippen LogP contribution >= 0.6 is 11.3 Å². The van der Waals surface area contributed by atoms with Gasteiger partial charge in [0.25, 0.3) is 11.8 Å². The second-order valence-electron chi connectivity index (χ2n) is 4.09. The van der Waals surface area contributed by atoms with Gasteiger partial charge in [-0.25, -0.2) is 0 Å². The molecule has 0 spiro atoms. The Morgan fingerprint density at radius 3 is 3.05 bits per heavy atom. The number of amides is 1. The fourth-order valence-corrected chi connectivity index (χ4v) is 2.27. The summed E-state index contributed by atoms with van der Waals surface area (Å²) in [7, 11) is 1.77. The summed E-state index contributed by atoms with van der Waals surface area (Å²) < 4.78 is 6.98. The normalized spacial score (nSPS) is 11.1. The topological polar surface area (TPSA) is 85.8 Å². The second kappa shape index (κ2) is 5.71. The first kappa shape index (κ1) is 13.3. The standard InChI is InChI=1S/C13H11N5O2S/c1-18-10(6-7-14-18)12-16-17-13(20-12)15-11(19)5-4-9-3-2-8-21-9/h2-8H,1H3,(H,15,17,19)/b5-4+. The average Bonchev–Trinajstić information content (AvgIpc) is 3.17. The molecular weight excluding hydrogens is 290 g/mol. The minimum absolute atomic E-state index is 0.0482. The summed E-state index contributed by atoms with van der Waals surface area (Å²) >= 11 is 1.55. The lowest BCUT2D eigenvalue weighted by molar-refractivity contribution is -0.112. The van der Waals surface area contributed by atoms with E-state index in [4.69, 9.17) is 4.42 Å². The van der Waals surface area contributed by atoms with Crippen LogP contribution in [-0.4, -0.2) is 25.9 Å². The molecule has 0 aliphatic rings. The van der Waals surface area contributed by atoms with E-state index in [-0.39, 0.29) is 11.9 Å². The zero-order chi connectivity index (χ0) is 14.7. The van der Waals surface area contributed by atoms with Crippen molar-refractivity contribution in [3.8, 4) is 11.6 Å². The smallest absolute Gasteiger partial charge is 0.322 e. The number of aromatic nitrogens is 4. The summed E-state index contributed by atoms with van der Waals surface area (Å²) in [5, 5.41) is 16.1. The molecule has 21 heavy (non-hydrogen) atoms. The molecule has 106 valence electrons. The molecule has 1 amide bonds. The fraction of sp³-hybridized carbons (Fsp3) is 0.0769. The van der Waals surface area contributed by atoms with Crippen molar-refractivity contribution in [1.82, 2.24) is 20.0 Å². The average molecular weight is 301 g/mol. The van der Waals surface area contributed by atoms with Crippen molar-refractivity contribution in [2.75, 3.05) is 5.32 Å². The van der Waals surface area contributed by atoms with Gasteiger partial charge in [0.15, 0.2) is 0 Å². The van der Waals surface area contributed by atoms with E-state index >= 15 is 0 Å². The van der Waals surface area contributed by atoms with Crippen molar-refractivity contribution in [2.45, 2.75) is 0 Å². The predicted molar refractivity (Wildman–Crippen MR) is 78.5 cm³/mol. The molecule has 0 bridgehead atoms. The van der Waals surface area contributed by atoms with Crippen LogP contribution in [0.25, 0.3) is 17.7 Å². The van der Waals surface area contributed by atoms with Crippen LogP contribution in [0.3, 0.4) is 0 Å². The van der Waals surface area contributed by atoms with Gasteiger partial charge in [-0.2, -0.15) is 5.10 Å². The number of carbonyl (C=O) groups excluding carboxylic acids is 1. The summed E-state index contributed by atoms with van der Waals surface area (Å²) in [5.41, 5.74) is 0.678. The van der Waals surface area contributed by atoms with E-state index in [2.05, 4.69) is 20.6 Å². The van der Waals surface area contributed by atoms with Crippen LogP contribution in [0.1, 0.15) is 4.88 Å². The van der Waals surface area contributed by atoms with E-state index in [0.29, 0.717) is 11.6 Å². The minimum Gasteiger partial charge on any atom is -0.401 e. The summed E-state index contributed by atoms with van der Waals surface area (Å²) in [6.45, 7) is 0. The van der Waals surface area contributed by atoms with E-state index in [1.165, 1.54) is 6.08 Å². The number of nitrogens with zero attached hydrogens (tertiary/aromatic N) is 4. The monoisotopic (exact) mass is 301 g/mol. The van der Waals surface area contributed by atoms with E-state index in [9.17, 15) is 4.79 Å². The van der Waals surface area contributed by atoms with Crippen LogP contribution in [0, 0.1) is 0 Å². The number of thiophene rings is 1. The molecule has 0 fully saturated rings. The zero-order valence-electron chi connectivity index (χ0n) is 11.1. The Morgan fingerprint density at radius 2 is 2.33 bits per heavy atom. The predicted octanol–water partition coefficient (Wildman–Crippen LogP) is 2.18. The van der Waals surface area contributed by atoms with Crippen LogP contribution in [0.5, 0.6) is 0 Å². The lowest BCUT2D eigenvalue weighted by atomic mass is 10.4. The van der Waals surface area contributed by atoms with Crippen LogP contribution < -0.4 is 5.32 Å². The molecule has 0 aliphatic carbocycles. The number of hydrogen-bond acceptors (Lipinski definition) is 6. The third kappa shape index (κ3) is 3.06. The van der Waals surface area contributed by atoms with Crippen molar-refractivity contribution in [3.05, 3.63) is 40.7 Å². The molecule has 3 heterocycles. The third-order valence-electron chi connectivity index (χ3n) is 2.64. The molecular formula is C13H11N5O2S. The van der Waals surface area contributed by atoms with Crippen LogP contribution in [0.15, 0.2) is 40.3 Å². The molecule has 3 rings (SSSR count). The Morgan fingerprint density at radius 1 is 1.43 bits per heavy atom. The highest BCUT2D eigenvalue weighted by Gasteiger charge is 2.12. The number of nitrogens with one attached hydrogen (secondary N) is 1. The van der Waals surface area contributed by atoms with Crippen LogP contribution in [0.4, 0.5) is 6.01 Å². The number of hydrogen-bond donors (Lipinski definition) is 1. The maximum absolute atomic E-state index is 11.7. The maximum Gasteiger partial charge on any atom is 0.322 e. The third-order valence-corrected chi connectivity index (χ3v) is 3.47. The van der Waals surface area contributed by atoms with Crippen molar-refractivity contribution in [1.29, 1.82) is 0 Å². The van der Waals surface area contributed by atoms with Crippen LogP contribution in [0.2, 0.25) is 0 Å². The Hall–Kier alpha value is -2.74. The number of aryl methyl sites for hydroxylation is 1. The molecule has 8 heteroatoms. The molecule has 3 aromatic heterocycles. The van der Waals surface area contributed by atoms with Gasteiger partial charge in [-0.1, -0.05) is 11.2 Å². The molecule has 1 N–H and O–H groups in total. The van der Waals surface area contributed by atoms with Crippen molar-refractivity contribution in [2.24, 2.45) is 7.05 Å². The molecule has 0 saturated heterocycles. The van der Waals surface area contributed by atoms with E-state index in [1.54, 1.807) is 41.4 Å². The quantitative estimate of drug-likeness (QED) is 0.746. The molecule has 0 saturated carbocycles. The Balaban J connectivity index is 1.67. The van der Waals surface area contributed by atoms with Crippen LogP contribution in [-0.2, 0) is 11.8 Å². The van der Waals surface area contributed by atoms with Crippen molar-refractivity contribution in [3.63, 3.8) is 0 Å². The number of anilines is 1. The summed E-state index contributed by atoms with van der Waals surface area (Å²) in [5.74, 6) is -0.0313. The zero-order valence-corrected chi connectivity index (χ0v) is 11.9. The van der Waals surface area contributed by atoms with Crippen molar-refractivity contribution < 1.29 is 9.21 Å². The largest absolute Gasteiger partial charge is 0.401 e. The molecule has 0 atom stereocenters. The van der Waals surface area contributed by atoms with Gasteiger partial charge in [-0.15, -0.1) is 16.4 Å². The lowest BCUT2D eigenvalue weighted by Gasteiger charge is -1.95. The van der Waals surface area contributed by atoms with E-state index in [1.807, 2.05) is 17.5 Å². The van der Waals surface area contributed by atoms with Crippen molar-refractivity contribution >= 4 is 29.3 Å². The molecule has 0 unspecified atom stereocenters. The maximum atomic E-state index is 11.7. The highest BCUT2D eigenvalue weighted by Crippen LogP contribution is 2.18. The number of rotatable bonds is 4. The van der Waals surface area contributed by atoms with Gasteiger partial charge >= 0.3 is 6.01 Å². The Bertz CT molecular complexity index is 772. The van der Waals surface area contributed by atoms with Gasteiger partial charge in [-0.05, 0) is 23.6 Å². The lowest BCUT2D eigenvalue weighted by Crippen LogP contribution is -2.07. The summed E-state index contributed by atoms with van der Waals surface area (Å²) in [4.78, 5) is 12.7. The Kier molecular flexibility index (Phi) is 3.61. The first-order valence-corrected chi connectivity index (χ1v) is 6.95. The Labute approximate surface area is 123 Å². The highest BCUT2D eigenvalue weighted by molar-refractivity contribution is 7.10. The van der Waals surface area contributed by atoms with E-state index in [0.717, 1.165) is 4.88 Å². The number of carbonyl (C=O) groups is 1. The summed E-state index contributed by atoms with van der Waals surface area (Å²) in [6.07, 6.45) is 4.76. The molecule has 0 radical (unpaired) electrons. The van der Waals surface area contributed by atoms with E-state index < -0.39 is 0 Å². The SMILES string of the molecule is Cn1nccc1-c1nnc(NC(=O)/C=C/c2cccs2)o1. The molecule has 7 nitrogen and oxygen atoms in total. The fourth-order valence-electron chi connectivity index (χ4n) is 1.65. The summed E-state index contributed by atoms with van der Waals surface area (Å²) in [6, 6.07) is 5.63. The van der Waals surface area contributed by atoms with Gasteiger partial charge in [-0.3, -0.25) is 14.8 Å². The van der Waals surface area contributed by atoms with Gasteiger partial charge in [0.2, 0.25) is 0 Å². The minimum atomic E-state index is -0.330. The van der Waals surface area contributed by atoms with Gasteiger partial charge in [0.1, 0.15) is 5.69 Å². The molecule has 0 aromatic carbocycles. The molecule has 3 aromatic rings. The van der Waals surface area contributed by atoms with Gasteiger partial charge < -0.3 is 4.42 Å². The van der Waals surface area contributed by atoms with Gasteiger partial charge in [0.05, 0.1) is 0 Å².